The lowest BCUT2D eigenvalue weighted by molar-refractivity contribution is -0.187. The Balaban J connectivity index is 1.65. The van der Waals surface area contributed by atoms with Crippen LogP contribution in [0.2, 0.25) is 5.02 Å². The van der Waals surface area contributed by atoms with Crippen LogP contribution in [0.1, 0.15) is 73.0 Å². The Labute approximate surface area is 230 Å². The number of cyclic esters (lactones) is 1. The molecule has 0 saturated heterocycles. The molecule has 2 N–H and O–H groups in total. The lowest BCUT2D eigenvalue weighted by Crippen LogP contribution is -2.47. The number of carbonyl (C=O) groups excluding carboxylic acids is 2. The molecule has 3 aliphatic rings. The molecular weight excluding hydrogens is 522 g/mol. The van der Waals surface area contributed by atoms with Crippen LogP contribution in [0.4, 0.5) is 0 Å². The Hall–Kier alpha value is -3.27. The summed E-state index contributed by atoms with van der Waals surface area (Å²) in [5.74, 6) is -0.973. The van der Waals surface area contributed by atoms with Crippen molar-refractivity contribution in [3.05, 3.63) is 60.9 Å². The first-order valence-corrected chi connectivity index (χ1v) is 13.7. The van der Waals surface area contributed by atoms with Crippen LogP contribution in [-0.4, -0.2) is 39.2 Å². The molecule has 2 atom stereocenters. The number of carbonyl (C=O) groups is 2. The van der Waals surface area contributed by atoms with E-state index >= 15 is 0 Å². The fraction of sp³-hybridized carbons (Fsp3) is 0.448. The number of fused-ring (bicyclic) bond motifs is 5. The second kappa shape index (κ2) is 9.15. The number of amides is 1. The maximum atomic E-state index is 13.9. The first-order valence-electron chi connectivity index (χ1n) is 13.3. The predicted octanol–water partition coefficient (Wildman–Crippen LogP) is 3.57. The van der Waals surface area contributed by atoms with E-state index in [0.29, 0.717) is 52.3 Å². The summed E-state index contributed by atoms with van der Waals surface area (Å²) in [4.78, 5) is 44.3. The third kappa shape index (κ3) is 3.67. The van der Waals surface area contributed by atoms with Crippen LogP contribution >= 0.6 is 11.6 Å². The molecule has 0 bridgehead atoms. The number of hydrogen-bond donors (Lipinski definition) is 2. The molecule has 0 saturated carbocycles. The summed E-state index contributed by atoms with van der Waals surface area (Å²) in [6.07, 6.45) is 1.34. The number of esters is 1. The average Bonchev–Trinajstić information content (AvgIpc) is 3.28. The Morgan fingerprint density at radius 2 is 2.08 bits per heavy atom. The summed E-state index contributed by atoms with van der Waals surface area (Å²) in [7, 11) is 0. The first-order chi connectivity index (χ1) is 18.6. The number of nitrogens with zero attached hydrogens (tertiary/aromatic N) is 2. The number of benzene rings is 1. The molecule has 0 radical (unpaired) electrons. The maximum absolute atomic E-state index is 13.9. The van der Waals surface area contributed by atoms with Crippen LogP contribution in [0.5, 0.6) is 0 Å². The van der Waals surface area contributed by atoms with E-state index in [1.54, 1.807) is 4.57 Å². The molecular formula is C29H30ClN3O6. The minimum Gasteiger partial charge on any atom is -0.458 e. The van der Waals surface area contributed by atoms with Crippen LogP contribution in [-0.2, 0) is 44.2 Å². The number of pyridine rings is 2. The van der Waals surface area contributed by atoms with Crippen molar-refractivity contribution in [1.82, 2.24) is 14.9 Å². The number of hydrogen-bond acceptors (Lipinski definition) is 7. The quantitative estimate of drug-likeness (QED) is 0.364. The normalized spacial score (nSPS) is 21.0. The number of aryl methyl sites for hydroxylation is 1. The van der Waals surface area contributed by atoms with Crippen LogP contribution < -0.4 is 10.9 Å². The zero-order valence-corrected chi connectivity index (χ0v) is 23.1. The highest BCUT2D eigenvalue weighted by Crippen LogP contribution is 2.47. The number of aliphatic hydroxyl groups is 1. The van der Waals surface area contributed by atoms with E-state index in [0.717, 1.165) is 27.6 Å². The van der Waals surface area contributed by atoms with Gasteiger partial charge in [-0.05, 0) is 68.9 Å². The third-order valence-corrected chi connectivity index (χ3v) is 8.65. The van der Waals surface area contributed by atoms with Gasteiger partial charge in [-0.25, -0.2) is 9.78 Å². The molecule has 204 valence electrons. The summed E-state index contributed by atoms with van der Waals surface area (Å²) >= 11 is 6.62. The second-order valence-electron chi connectivity index (χ2n) is 10.8. The number of nitrogens with one attached hydrogen (secondary N) is 1. The van der Waals surface area contributed by atoms with Crippen molar-refractivity contribution < 1.29 is 24.2 Å². The molecule has 10 heteroatoms. The minimum atomic E-state index is -1.39. The molecule has 0 spiro atoms. The maximum Gasteiger partial charge on any atom is 0.343 e. The third-order valence-electron chi connectivity index (χ3n) is 8.26. The van der Waals surface area contributed by atoms with Gasteiger partial charge < -0.3 is 24.5 Å². The van der Waals surface area contributed by atoms with E-state index in [2.05, 4.69) is 5.32 Å². The van der Waals surface area contributed by atoms with Gasteiger partial charge in [0.15, 0.2) is 5.60 Å². The SMILES string of the molecule is CC[C@@]1(OC(C)C)C(=O)OCc2c1cc1n(c2=O)Cc2c-1nc1cc(Cl)c(C)c3c1c2[C@H](NC(=O)CO)CC3. The van der Waals surface area contributed by atoms with E-state index in [9.17, 15) is 19.5 Å². The molecule has 2 aromatic heterocycles. The minimum absolute atomic E-state index is 0.122. The van der Waals surface area contributed by atoms with Gasteiger partial charge in [-0.3, -0.25) is 9.59 Å². The molecule has 0 unspecified atom stereocenters. The zero-order valence-electron chi connectivity index (χ0n) is 22.3. The van der Waals surface area contributed by atoms with Gasteiger partial charge in [0.05, 0.1) is 41.2 Å². The molecule has 2 aliphatic heterocycles. The van der Waals surface area contributed by atoms with Crippen LogP contribution in [0.25, 0.3) is 22.3 Å². The van der Waals surface area contributed by atoms with Gasteiger partial charge in [0, 0.05) is 21.5 Å². The lowest BCUT2D eigenvalue weighted by Gasteiger charge is -2.37. The molecule has 0 fully saturated rings. The smallest absolute Gasteiger partial charge is 0.343 e. The summed E-state index contributed by atoms with van der Waals surface area (Å²) in [6.45, 7) is 7.03. The number of aliphatic hydroxyl groups excluding tert-OH is 1. The summed E-state index contributed by atoms with van der Waals surface area (Å²) in [6, 6.07) is 3.31. The van der Waals surface area contributed by atoms with Crippen LogP contribution in [0, 0.1) is 6.92 Å². The summed E-state index contributed by atoms with van der Waals surface area (Å²) in [5, 5.41) is 13.9. The van der Waals surface area contributed by atoms with Crippen molar-refractivity contribution in [2.75, 3.05) is 6.61 Å². The molecule has 9 nitrogen and oxygen atoms in total. The number of ether oxygens (including phenoxy) is 2. The molecule has 1 aliphatic carbocycles. The van der Waals surface area contributed by atoms with Crippen molar-refractivity contribution in [1.29, 1.82) is 0 Å². The molecule has 1 amide bonds. The van der Waals surface area contributed by atoms with Crippen LogP contribution in [0.15, 0.2) is 16.9 Å². The second-order valence-corrected chi connectivity index (χ2v) is 11.2. The van der Waals surface area contributed by atoms with Crippen molar-refractivity contribution in [2.24, 2.45) is 0 Å². The molecule has 6 rings (SSSR count). The van der Waals surface area contributed by atoms with Crippen molar-refractivity contribution >= 4 is 34.4 Å². The average molecular weight is 552 g/mol. The van der Waals surface area contributed by atoms with E-state index in [1.165, 1.54) is 0 Å². The van der Waals surface area contributed by atoms with Crippen molar-refractivity contribution in [3.8, 4) is 11.4 Å². The van der Waals surface area contributed by atoms with Gasteiger partial charge in [-0.15, -0.1) is 0 Å². The Bertz CT molecular complexity index is 1640. The monoisotopic (exact) mass is 551 g/mol. The van der Waals surface area contributed by atoms with E-state index in [1.807, 2.05) is 39.8 Å². The van der Waals surface area contributed by atoms with E-state index < -0.39 is 24.1 Å². The number of halogens is 1. The Morgan fingerprint density at radius 3 is 2.77 bits per heavy atom. The number of aromatic nitrogens is 2. The molecule has 3 aromatic rings. The van der Waals surface area contributed by atoms with E-state index in [4.69, 9.17) is 26.1 Å². The van der Waals surface area contributed by atoms with Gasteiger partial charge in [0.2, 0.25) is 5.91 Å². The van der Waals surface area contributed by atoms with E-state index in [-0.39, 0.29) is 30.9 Å². The van der Waals surface area contributed by atoms with Gasteiger partial charge in [-0.1, -0.05) is 18.5 Å². The first kappa shape index (κ1) is 26.0. The largest absolute Gasteiger partial charge is 0.458 e. The van der Waals surface area contributed by atoms with Crippen LogP contribution in [0.3, 0.4) is 0 Å². The predicted molar refractivity (Wildman–Crippen MR) is 145 cm³/mol. The van der Waals surface area contributed by atoms with Crippen molar-refractivity contribution in [3.63, 3.8) is 0 Å². The zero-order chi connectivity index (χ0) is 27.8. The lowest BCUT2D eigenvalue weighted by atomic mass is 9.81. The number of rotatable bonds is 5. The summed E-state index contributed by atoms with van der Waals surface area (Å²) < 4.78 is 13.3. The fourth-order valence-corrected chi connectivity index (χ4v) is 6.74. The molecule has 39 heavy (non-hydrogen) atoms. The molecule has 4 heterocycles. The van der Waals surface area contributed by atoms with Gasteiger partial charge in [0.1, 0.15) is 13.2 Å². The summed E-state index contributed by atoms with van der Waals surface area (Å²) in [5.41, 5.74) is 4.93. The topological polar surface area (TPSA) is 120 Å². The van der Waals surface area contributed by atoms with Gasteiger partial charge >= 0.3 is 5.97 Å². The van der Waals surface area contributed by atoms with Gasteiger partial charge in [-0.2, -0.15) is 0 Å². The highest BCUT2D eigenvalue weighted by Gasteiger charge is 2.49. The Morgan fingerprint density at radius 1 is 1.31 bits per heavy atom. The van der Waals surface area contributed by atoms with Gasteiger partial charge in [0.25, 0.3) is 5.56 Å². The standard InChI is InChI=1S/C29H30ClN3O6/c1-5-29(39-13(2)3)18-8-22-26-16(10-33(22)27(36)17(18)12-38-28(29)37)25-20(31-23(35)11-34)7-6-15-14(4)19(30)9-21(32-26)24(15)25/h8-9,13,20,34H,5-7,10-12H2,1-4H3,(H,31,35)/t20-,29+/m1/s1. The Kier molecular flexibility index (Phi) is 6.09. The van der Waals surface area contributed by atoms with Crippen molar-refractivity contribution in [2.45, 2.75) is 77.9 Å². The molecule has 1 aromatic carbocycles. The highest BCUT2D eigenvalue weighted by atomic mass is 35.5. The highest BCUT2D eigenvalue weighted by molar-refractivity contribution is 6.32. The fourth-order valence-electron chi connectivity index (χ4n) is 6.52.